The third-order valence-corrected chi connectivity index (χ3v) is 1.95. The van der Waals surface area contributed by atoms with E-state index >= 15 is 0 Å². The van der Waals surface area contributed by atoms with E-state index in [1.807, 2.05) is 19.1 Å². The summed E-state index contributed by atoms with van der Waals surface area (Å²) in [5.41, 5.74) is 2.04. The van der Waals surface area contributed by atoms with Gasteiger partial charge in [-0.05, 0) is 36.6 Å². The lowest BCUT2D eigenvalue weighted by Crippen LogP contribution is -1.97. The summed E-state index contributed by atoms with van der Waals surface area (Å²) in [6.07, 6.45) is 0.691. The lowest BCUT2D eigenvalue weighted by molar-refractivity contribution is -0.136. The third-order valence-electron chi connectivity index (χ3n) is 1.73. The average Bonchev–Trinajstić information content (AvgIpc) is 1.99. The molecule has 0 saturated carbocycles. The van der Waals surface area contributed by atoms with Gasteiger partial charge < -0.3 is 5.11 Å². The largest absolute Gasteiger partial charge is 0.481 e. The zero-order valence-corrected chi connectivity index (χ0v) is 8.14. The van der Waals surface area contributed by atoms with Crippen LogP contribution in [0.5, 0.6) is 0 Å². The van der Waals surface area contributed by atoms with Crippen molar-refractivity contribution in [2.24, 2.45) is 0 Å². The van der Waals surface area contributed by atoms with E-state index in [0.29, 0.717) is 11.4 Å². The number of carboxylic acids is 1. The van der Waals surface area contributed by atoms with Crippen molar-refractivity contribution < 1.29 is 9.90 Å². The zero-order chi connectivity index (χ0) is 9.84. The highest BCUT2D eigenvalue weighted by molar-refractivity contribution is 6.30. The maximum Gasteiger partial charge on any atom is 0.303 e. The Balaban J connectivity index is 2.71. The minimum atomic E-state index is -0.780. The Labute approximate surface area is 82.2 Å². The maximum atomic E-state index is 10.3. The van der Waals surface area contributed by atoms with Crippen LogP contribution in [0.3, 0.4) is 0 Å². The lowest BCUT2D eigenvalue weighted by atomic mass is 10.1. The molecule has 0 amide bonds. The molecule has 0 saturated heterocycles. The summed E-state index contributed by atoms with van der Waals surface area (Å²) in [6.45, 7) is 1.94. The Hall–Kier alpha value is -1.02. The van der Waals surface area contributed by atoms with E-state index in [4.69, 9.17) is 16.7 Å². The first-order valence-corrected chi connectivity index (χ1v) is 4.43. The van der Waals surface area contributed by atoms with Gasteiger partial charge in [-0.2, -0.15) is 0 Å². The molecule has 1 aromatic rings. The van der Waals surface area contributed by atoms with Crippen LogP contribution in [-0.4, -0.2) is 11.1 Å². The number of hydrogen-bond donors (Lipinski definition) is 1. The molecule has 0 aliphatic carbocycles. The number of hydrogen-bond acceptors (Lipinski definition) is 1. The van der Waals surface area contributed by atoms with Gasteiger partial charge in [-0.1, -0.05) is 17.7 Å². The smallest absolute Gasteiger partial charge is 0.303 e. The average molecular weight is 199 g/mol. The fourth-order valence-electron chi connectivity index (χ4n) is 1.21. The molecule has 0 fully saturated rings. The van der Waals surface area contributed by atoms with Crippen LogP contribution in [0.4, 0.5) is 0 Å². The number of aliphatic carboxylic acids is 1. The monoisotopic (exact) mass is 198 g/mol. The van der Waals surface area contributed by atoms with Gasteiger partial charge in [0.05, 0.1) is 0 Å². The minimum absolute atomic E-state index is 0.153. The molecule has 0 heterocycles. The van der Waals surface area contributed by atoms with Gasteiger partial charge in [0.1, 0.15) is 0 Å². The van der Waals surface area contributed by atoms with E-state index in [0.717, 1.165) is 11.1 Å². The van der Waals surface area contributed by atoms with Crippen molar-refractivity contribution in [2.45, 2.75) is 19.8 Å². The number of halogens is 1. The molecular formula is C10H11ClO2. The van der Waals surface area contributed by atoms with Gasteiger partial charge in [0.15, 0.2) is 0 Å². The molecule has 0 aromatic heterocycles. The van der Waals surface area contributed by atoms with Crippen LogP contribution in [0.1, 0.15) is 17.5 Å². The molecule has 0 spiro atoms. The molecule has 0 unspecified atom stereocenters. The van der Waals surface area contributed by atoms with Crippen LogP contribution in [0, 0.1) is 6.92 Å². The van der Waals surface area contributed by atoms with Crippen molar-refractivity contribution in [2.75, 3.05) is 0 Å². The molecule has 70 valence electrons. The summed E-state index contributed by atoms with van der Waals surface area (Å²) in [7, 11) is 0. The van der Waals surface area contributed by atoms with Crippen molar-refractivity contribution in [3.63, 3.8) is 0 Å². The van der Waals surface area contributed by atoms with E-state index in [-0.39, 0.29) is 6.42 Å². The number of carbonyl (C=O) groups is 1. The summed E-state index contributed by atoms with van der Waals surface area (Å²) in [4.78, 5) is 10.3. The fourth-order valence-corrected chi connectivity index (χ4v) is 1.52. The molecule has 0 aliphatic heterocycles. The summed E-state index contributed by atoms with van der Waals surface area (Å²) in [6, 6.07) is 5.61. The molecule has 1 aromatic carbocycles. The Morgan fingerprint density at radius 3 is 2.69 bits per heavy atom. The van der Waals surface area contributed by atoms with E-state index in [2.05, 4.69) is 0 Å². The van der Waals surface area contributed by atoms with Crippen LogP contribution < -0.4 is 0 Å². The van der Waals surface area contributed by atoms with Gasteiger partial charge in [-0.15, -0.1) is 0 Å². The molecule has 0 atom stereocenters. The van der Waals surface area contributed by atoms with Crippen LogP contribution in [0.15, 0.2) is 18.2 Å². The second kappa shape index (κ2) is 4.28. The molecule has 0 aliphatic rings. The zero-order valence-electron chi connectivity index (χ0n) is 7.38. The Kier molecular flexibility index (Phi) is 3.32. The van der Waals surface area contributed by atoms with Crippen molar-refractivity contribution in [1.29, 1.82) is 0 Å². The van der Waals surface area contributed by atoms with Crippen LogP contribution in [0.2, 0.25) is 5.02 Å². The van der Waals surface area contributed by atoms with Crippen molar-refractivity contribution >= 4 is 17.6 Å². The van der Waals surface area contributed by atoms with Crippen molar-refractivity contribution in [3.8, 4) is 0 Å². The normalized spacial score (nSPS) is 10.0. The lowest BCUT2D eigenvalue weighted by Gasteiger charge is -2.01. The first kappa shape index (κ1) is 10.1. The van der Waals surface area contributed by atoms with Crippen LogP contribution in [0.25, 0.3) is 0 Å². The first-order chi connectivity index (χ1) is 6.08. The van der Waals surface area contributed by atoms with Crippen molar-refractivity contribution in [3.05, 3.63) is 34.3 Å². The van der Waals surface area contributed by atoms with Gasteiger partial charge in [0.25, 0.3) is 0 Å². The van der Waals surface area contributed by atoms with E-state index in [1.54, 1.807) is 6.07 Å². The number of carboxylic acid groups (broad SMARTS) is 1. The summed E-state index contributed by atoms with van der Waals surface area (Å²) in [5.74, 6) is -0.780. The topological polar surface area (TPSA) is 37.3 Å². The van der Waals surface area contributed by atoms with Gasteiger partial charge in [-0.25, -0.2) is 0 Å². The molecular weight excluding hydrogens is 188 g/mol. The second-order valence-corrected chi connectivity index (χ2v) is 3.47. The molecule has 2 nitrogen and oxygen atoms in total. The Morgan fingerprint density at radius 1 is 1.46 bits per heavy atom. The third kappa shape index (κ3) is 3.47. The molecule has 13 heavy (non-hydrogen) atoms. The summed E-state index contributed by atoms with van der Waals surface area (Å²) >= 11 is 5.82. The van der Waals surface area contributed by atoms with Crippen LogP contribution in [-0.2, 0) is 11.2 Å². The van der Waals surface area contributed by atoms with Crippen molar-refractivity contribution in [1.82, 2.24) is 0 Å². The van der Waals surface area contributed by atoms with E-state index < -0.39 is 5.97 Å². The Morgan fingerprint density at radius 2 is 2.15 bits per heavy atom. The van der Waals surface area contributed by atoms with E-state index in [1.165, 1.54) is 0 Å². The molecule has 1 rings (SSSR count). The SMILES string of the molecule is Cc1cc(Cl)cc(CCC(=O)O)c1. The molecule has 0 radical (unpaired) electrons. The Bertz CT molecular complexity index is 300. The highest BCUT2D eigenvalue weighted by Crippen LogP contribution is 2.15. The number of aryl methyl sites for hydroxylation is 2. The predicted molar refractivity (Wildman–Crippen MR) is 52.1 cm³/mol. The second-order valence-electron chi connectivity index (χ2n) is 3.03. The standard InChI is InChI=1S/C10H11ClO2/c1-7-4-8(2-3-10(12)13)6-9(11)5-7/h4-6H,2-3H2,1H3,(H,12,13). The van der Waals surface area contributed by atoms with Gasteiger partial charge in [0, 0.05) is 11.4 Å². The highest BCUT2D eigenvalue weighted by Gasteiger charge is 2.00. The van der Waals surface area contributed by atoms with Gasteiger partial charge >= 0.3 is 5.97 Å². The molecule has 1 N–H and O–H groups in total. The fraction of sp³-hybridized carbons (Fsp3) is 0.300. The van der Waals surface area contributed by atoms with E-state index in [9.17, 15) is 4.79 Å². The maximum absolute atomic E-state index is 10.3. The van der Waals surface area contributed by atoms with Gasteiger partial charge in [-0.3, -0.25) is 4.79 Å². The van der Waals surface area contributed by atoms with Gasteiger partial charge in [0.2, 0.25) is 0 Å². The minimum Gasteiger partial charge on any atom is -0.481 e. The molecule has 3 heteroatoms. The summed E-state index contributed by atoms with van der Waals surface area (Å²) < 4.78 is 0. The first-order valence-electron chi connectivity index (χ1n) is 4.06. The summed E-state index contributed by atoms with van der Waals surface area (Å²) in [5, 5.41) is 9.15. The molecule has 0 bridgehead atoms. The number of rotatable bonds is 3. The highest BCUT2D eigenvalue weighted by atomic mass is 35.5. The predicted octanol–water partition coefficient (Wildman–Crippen LogP) is 2.67. The quantitative estimate of drug-likeness (QED) is 0.811. The number of benzene rings is 1. The van der Waals surface area contributed by atoms with Crippen LogP contribution >= 0.6 is 11.6 Å².